The Labute approximate surface area is 112 Å². The molecule has 1 atom stereocenters. The molecule has 0 radical (unpaired) electrons. The number of aliphatic hydroxyl groups is 1. The Morgan fingerprint density at radius 2 is 2.18 bits per heavy atom. The maximum absolute atomic E-state index is 10.2. The normalized spacial score (nSPS) is 12.5. The first kappa shape index (κ1) is 12.5. The Hall–Kier alpha value is -0.970. The number of aliphatic hydroxyl groups excluding tert-OH is 1. The van der Waals surface area contributed by atoms with E-state index >= 15 is 0 Å². The molecule has 3 nitrogen and oxygen atoms in total. The van der Waals surface area contributed by atoms with E-state index in [1.807, 2.05) is 0 Å². The molecule has 0 aliphatic heterocycles. The van der Waals surface area contributed by atoms with E-state index in [0.29, 0.717) is 26.6 Å². The molecule has 0 fully saturated rings. The highest BCUT2D eigenvalue weighted by Crippen LogP contribution is 2.33. The lowest BCUT2D eigenvalue weighted by Gasteiger charge is -2.11. The summed E-state index contributed by atoms with van der Waals surface area (Å²) in [7, 11) is 1.55. The zero-order valence-corrected chi connectivity index (χ0v) is 11.3. The average Bonchev–Trinajstić information content (AvgIpc) is 2.74. The lowest BCUT2D eigenvalue weighted by atomic mass is 10.0. The van der Waals surface area contributed by atoms with Gasteiger partial charge in [0.15, 0.2) is 4.67 Å². The summed E-state index contributed by atoms with van der Waals surface area (Å²) in [5, 5.41) is 10.6. The number of ether oxygens (including phenoxy) is 1. The molecule has 0 saturated carbocycles. The van der Waals surface area contributed by atoms with Crippen LogP contribution in [-0.4, -0.2) is 12.2 Å². The number of hydrogen-bond donors (Lipinski definition) is 1. The number of methoxy groups -OCH3 is 1. The Balaban J connectivity index is 2.35. The highest BCUT2D eigenvalue weighted by molar-refractivity contribution is 9.10. The van der Waals surface area contributed by atoms with Gasteiger partial charge in [-0.05, 0) is 39.7 Å². The summed E-state index contributed by atoms with van der Waals surface area (Å²) < 4.78 is 10.6. The van der Waals surface area contributed by atoms with Gasteiger partial charge in [-0.15, -0.1) is 0 Å². The first-order valence-electron chi connectivity index (χ1n) is 4.88. The van der Waals surface area contributed by atoms with Crippen LogP contribution in [0.1, 0.15) is 17.2 Å². The molecular weight excluding hydrogens is 307 g/mol. The molecule has 0 aliphatic carbocycles. The Kier molecular flexibility index (Phi) is 3.76. The van der Waals surface area contributed by atoms with Crippen LogP contribution in [0.4, 0.5) is 0 Å². The summed E-state index contributed by atoms with van der Waals surface area (Å²) in [4.78, 5) is 0. The topological polar surface area (TPSA) is 42.6 Å². The van der Waals surface area contributed by atoms with E-state index < -0.39 is 6.10 Å². The molecule has 1 N–H and O–H groups in total. The molecule has 90 valence electrons. The van der Waals surface area contributed by atoms with Crippen molar-refractivity contribution in [3.05, 3.63) is 51.3 Å². The highest BCUT2D eigenvalue weighted by atomic mass is 79.9. The molecule has 0 amide bonds. The standard InChI is InChI=1S/C12H10BrClO3/c1-16-10-3-2-7(6-9(10)14)11(15)8-4-5-17-12(8)13/h2-6,11,15H,1H3. The molecule has 0 bridgehead atoms. The molecule has 1 unspecified atom stereocenters. The van der Waals surface area contributed by atoms with Gasteiger partial charge >= 0.3 is 0 Å². The van der Waals surface area contributed by atoms with Crippen LogP contribution in [0.2, 0.25) is 5.02 Å². The Morgan fingerprint density at radius 3 is 2.71 bits per heavy atom. The van der Waals surface area contributed by atoms with Crippen LogP contribution < -0.4 is 4.74 Å². The highest BCUT2D eigenvalue weighted by Gasteiger charge is 2.17. The predicted octanol–water partition coefficient (Wildman–Crippen LogP) is 3.79. The summed E-state index contributed by atoms with van der Waals surface area (Å²) in [6, 6.07) is 6.85. The van der Waals surface area contributed by atoms with Crippen molar-refractivity contribution in [2.75, 3.05) is 7.11 Å². The van der Waals surface area contributed by atoms with Crippen molar-refractivity contribution in [1.82, 2.24) is 0 Å². The van der Waals surface area contributed by atoms with Gasteiger partial charge in [0, 0.05) is 5.56 Å². The summed E-state index contributed by atoms with van der Waals surface area (Å²) in [6.45, 7) is 0. The second-order valence-corrected chi connectivity index (χ2v) is 4.57. The minimum atomic E-state index is -0.786. The third-order valence-electron chi connectivity index (χ3n) is 2.43. The summed E-state index contributed by atoms with van der Waals surface area (Å²) in [5.74, 6) is 0.578. The lowest BCUT2D eigenvalue weighted by Crippen LogP contribution is -1.99. The number of hydrogen-bond acceptors (Lipinski definition) is 3. The van der Waals surface area contributed by atoms with Gasteiger partial charge in [0.25, 0.3) is 0 Å². The van der Waals surface area contributed by atoms with Crippen molar-refractivity contribution in [1.29, 1.82) is 0 Å². The average molecular weight is 318 g/mol. The molecular formula is C12H10BrClO3. The first-order valence-corrected chi connectivity index (χ1v) is 6.05. The minimum absolute atomic E-state index is 0.462. The zero-order valence-electron chi connectivity index (χ0n) is 8.98. The van der Waals surface area contributed by atoms with Gasteiger partial charge < -0.3 is 14.3 Å². The van der Waals surface area contributed by atoms with Crippen LogP contribution in [-0.2, 0) is 0 Å². The van der Waals surface area contributed by atoms with Gasteiger partial charge in [-0.25, -0.2) is 0 Å². The van der Waals surface area contributed by atoms with E-state index in [1.165, 1.54) is 6.26 Å². The van der Waals surface area contributed by atoms with Crippen molar-refractivity contribution in [3.8, 4) is 5.75 Å². The van der Waals surface area contributed by atoms with Crippen molar-refractivity contribution < 1.29 is 14.3 Å². The van der Waals surface area contributed by atoms with Crippen LogP contribution in [0, 0.1) is 0 Å². The minimum Gasteiger partial charge on any atom is -0.495 e. The van der Waals surface area contributed by atoms with Crippen LogP contribution in [0.3, 0.4) is 0 Å². The van der Waals surface area contributed by atoms with Crippen molar-refractivity contribution in [3.63, 3.8) is 0 Å². The summed E-state index contributed by atoms with van der Waals surface area (Å²) in [6.07, 6.45) is 0.722. The molecule has 1 aromatic carbocycles. The Bertz CT molecular complexity index is 524. The van der Waals surface area contributed by atoms with Gasteiger partial charge in [0.05, 0.1) is 18.4 Å². The van der Waals surface area contributed by atoms with Crippen molar-refractivity contribution in [2.24, 2.45) is 0 Å². The largest absolute Gasteiger partial charge is 0.495 e. The van der Waals surface area contributed by atoms with Crippen molar-refractivity contribution in [2.45, 2.75) is 6.10 Å². The zero-order chi connectivity index (χ0) is 12.4. The van der Waals surface area contributed by atoms with Crippen LogP contribution in [0.15, 0.2) is 39.6 Å². The van der Waals surface area contributed by atoms with Gasteiger partial charge in [0.1, 0.15) is 11.9 Å². The van der Waals surface area contributed by atoms with E-state index in [1.54, 1.807) is 31.4 Å². The number of rotatable bonds is 3. The molecule has 17 heavy (non-hydrogen) atoms. The Morgan fingerprint density at radius 1 is 1.41 bits per heavy atom. The van der Waals surface area contributed by atoms with E-state index in [2.05, 4.69) is 15.9 Å². The second-order valence-electron chi connectivity index (χ2n) is 3.45. The molecule has 0 spiro atoms. The molecule has 1 heterocycles. The quantitative estimate of drug-likeness (QED) is 0.936. The monoisotopic (exact) mass is 316 g/mol. The van der Waals surface area contributed by atoms with Gasteiger partial charge in [-0.3, -0.25) is 0 Å². The molecule has 2 rings (SSSR count). The second kappa shape index (κ2) is 5.12. The van der Waals surface area contributed by atoms with E-state index in [-0.39, 0.29) is 0 Å². The maximum Gasteiger partial charge on any atom is 0.175 e. The molecule has 1 aromatic heterocycles. The third-order valence-corrected chi connectivity index (χ3v) is 3.37. The molecule has 2 aromatic rings. The molecule has 5 heteroatoms. The van der Waals surface area contributed by atoms with Gasteiger partial charge in [0.2, 0.25) is 0 Å². The first-order chi connectivity index (χ1) is 8.13. The van der Waals surface area contributed by atoms with E-state index in [9.17, 15) is 5.11 Å². The van der Waals surface area contributed by atoms with E-state index in [4.69, 9.17) is 20.8 Å². The van der Waals surface area contributed by atoms with Gasteiger partial charge in [-0.1, -0.05) is 17.7 Å². The summed E-state index contributed by atoms with van der Waals surface area (Å²) >= 11 is 9.23. The van der Waals surface area contributed by atoms with E-state index in [0.717, 1.165) is 0 Å². The van der Waals surface area contributed by atoms with Crippen LogP contribution in [0.5, 0.6) is 5.75 Å². The van der Waals surface area contributed by atoms with Crippen molar-refractivity contribution >= 4 is 27.5 Å². The summed E-state index contributed by atoms with van der Waals surface area (Å²) in [5.41, 5.74) is 1.34. The van der Waals surface area contributed by atoms with Crippen LogP contribution in [0.25, 0.3) is 0 Å². The number of furan rings is 1. The number of benzene rings is 1. The molecule has 0 aliphatic rings. The maximum atomic E-state index is 10.2. The third kappa shape index (κ3) is 2.49. The van der Waals surface area contributed by atoms with Gasteiger partial charge in [-0.2, -0.15) is 0 Å². The lowest BCUT2D eigenvalue weighted by molar-refractivity contribution is 0.218. The SMILES string of the molecule is COc1ccc(C(O)c2ccoc2Br)cc1Cl. The number of halogens is 2. The smallest absolute Gasteiger partial charge is 0.175 e. The fraction of sp³-hybridized carbons (Fsp3) is 0.167. The predicted molar refractivity (Wildman–Crippen MR) is 68.5 cm³/mol. The fourth-order valence-corrected chi connectivity index (χ4v) is 2.25. The molecule has 0 saturated heterocycles. The van der Waals surface area contributed by atoms with Crippen LogP contribution >= 0.6 is 27.5 Å². The fourth-order valence-electron chi connectivity index (χ4n) is 1.53.